The molecule has 9 heteroatoms. The van der Waals surface area contributed by atoms with Gasteiger partial charge in [0.25, 0.3) is 0 Å². The van der Waals surface area contributed by atoms with Gasteiger partial charge in [-0.15, -0.1) is 0 Å². The van der Waals surface area contributed by atoms with E-state index in [4.69, 9.17) is 0 Å². The van der Waals surface area contributed by atoms with Crippen molar-refractivity contribution in [2.45, 2.75) is 30.8 Å². The maximum absolute atomic E-state index is 14.9. The lowest BCUT2D eigenvalue weighted by Crippen LogP contribution is -2.26. The quantitative estimate of drug-likeness (QED) is 0.198. The Labute approximate surface area is 194 Å². The summed E-state index contributed by atoms with van der Waals surface area (Å²) >= 11 is 0. The first-order chi connectivity index (χ1) is 16.5. The van der Waals surface area contributed by atoms with Gasteiger partial charge in [-0.05, 0) is 61.1 Å². The topological polar surface area (TPSA) is 9.23 Å². The molecule has 0 heterocycles. The van der Waals surface area contributed by atoms with Gasteiger partial charge in [-0.2, -0.15) is 8.78 Å². The minimum absolute atomic E-state index is 0.0000374. The molecule has 2 bridgehead atoms. The van der Waals surface area contributed by atoms with Gasteiger partial charge in [0.2, 0.25) is 0 Å². The van der Waals surface area contributed by atoms with Crippen LogP contribution in [0.3, 0.4) is 0 Å². The molecular formula is C26H16F8O. The predicted octanol–water partition coefficient (Wildman–Crippen LogP) is 7.92. The summed E-state index contributed by atoms with van der Waals surface area (Å²) in [6.07, 6.45) is 1.31. The van der Waals surface area contributed by atoms with Gasteiger partial charge in [0.1, 0.15) is 17.1 Å². The lowest BCUT2D eigenvalue weighted by molar-refractivity contribution is -0.187. The Bertz CT molecular complexity index is 1340. The molecule has 2 aliphatic rings. The summed E-state index contributed by atoms with van der Waals surface area (Å²) in [6, 6.07) is 5.17. The SMILES string of the molecule is Fc1cc(OC(F)(F)c2ccc([C@]34C=CC(CC3)C4)c(F)c2F)ccc1-c1cc(F)c(F)c(F)c1. The van der Waals surface area contributed by atoms with Crippen LogP contribution >= 0.6 is 0 Å². The second kappa shape index (κ2) is 8.10. The normalized spacial score (nSPS) is 21.1. The van der Waals surface area contributed by atoms with Crippen molar-refractivity contribution in [2.75, 3.05) is 0 Å². The van der Waals surface area contributed by atoms with Gasteiger partial charge in [0.15, 0.2) is 29.1 Å². The molecule has 0 amide bonds. The van der Waals surface area contributed by atoms with E-state index in [1.165, 1.54) is 0 Å². The number of hydrogen-bond acceptors (Lipinski definition) is 1. The van der Waals surface area contributed by atoms with E-state index in [0.717, 1.165) is 30.7 Å². The third kappa shape index (κ3) is 3.86. The third-order valence-electron chi connectivity index (χ3n) is 6.69. The lowest BCUT2D eigenvalue weighted by atomic mass is 9.79. The molecule has 35 heavy (non-hydrogen) atoms. The molecular weight excluding hydrogens is 480 g/mol. The van der Waals surface area contributed by atoms with Crippen molar-refractivity contribution in [2.24, 2.45) is 5.92 Å². The fourth-order valence-electron chi connectivity index (χ4n) is 4.95. The van der Waals surface area contributed by atoms with Crippen LogP contribution in [0.4, 0.5) is 35.1 Å². The molecule has 5 rings (SSSR count). The number of benzene rings is 3. The Morgan fingerprint density at radius 3 is 2.09 bits per heavy atom. The Kier molecular flexibility index (Phi) is 5.41. The summed E-state index contributed by atoms with van der Waals surface area (Å²) in [5.74, 6) is -9.73. The molecule has 182 valence electrons. The highest BCUT2D eigenvalue weighted by molar-refractivity contribution is 5.65. The van der Waals surface area contributed by atoms with E-state index >= 15 is 0 Å². The molecule has 3 aromatic rings. The van der Waals surface area contributed by atoms with Crippen molar-refractivity contribution >= 4 is 0 Å². The molecule has 1 unspecified atom stereocenters. The average molecular weight is 496 g/mol. The number of alkyl halides is 2. The zero-order valence-corrected chi connectivity index (χ0v) is 17.8. The van der Waals surface area contributed by atoms with E-state index in [0.29, 0.717) is 31.0 Å². The smallest absolute Gasteiger partial charge is 0.429 e. The van der Waals surface area contributed by atoms with Crippen molar-refractivity contribution in [1.29, 1.82) is 0 Å². The van der Waals surface area contributed by atoms with Crippen LogP contribution in [0.1, 0.15) is 30.4 Å². The first-order valence-corrected chi connectivity index (χ1v) is 10.7. The van der Waals surface area contributed by atoms with E-state index in [-0.39, 0.29) is 17.0 Å². The van der Waals surface area contributed by atoms with Gasteiger partial charge in [-0.1, -0.05) is 18.2 Å². The average Bonchev–Trinajstić information content (AvgIpc) is 3.41. The number of ether oxygens (including phenoxy) is 1. The maximum atomic E-state index is 14.9. The zero-order valence-electron chi connectivity index (χ0n) is 17.8. The van der Waals surface area contributed by atoms with Crippen LogP contribution in [-0.2, 0) is 11.5 Å². The number of hydrogen-bond donors (Lipinski definition) is 0. The zero-order chi connectivity index (χ0) is 25.1. The summed E-state index contributed by atoms with van der Waals surface area (Å²) in [5, 5.41) is 0. The van der Waals surface area contributed by atoms with Gasteiger partial charge in [-0.25, -0.2) is 26.3 Å². The first kappa shape index (κ1) is 23.4. The van der Waals surface area contributed by atoms with Gasteiger partial charge in [-0.3, -0.25) is 0 Å². The maximum Gasteiger partial charge on any atom is 0.429 e. The van der Waals surface area contributed by atoms with Crippen molar-refractivity contribution in [3.63, 3.8) is 0 Å². The molecule has 0 radical (unpaired) electrons. The van der Waals surface area contributed by atoms with Crippen LogP contribution in [0.15, 0.2) is 54.6 Å². The van der Waals surface area contributed by atoms with Gasteiger partial charge >= 0.3 is 6.11 Å². The minimum atomic E-state index is -4.37. The summed E-state index contributed by atoms with van der Waals surface area (Å²) in [5.41, 5.74) is -2.88. The summed E-state index contributed by atoms with van der Waals surface area (Å²) in [7, 11) is 0. The molecule has 1 saturated carbocycles. The van der Waals surface area contributed by atoms with Crippen LogP contribution in [0, 0.1) is 40.8 Å². The molecule has 0 saturated heterocycles. The largest absolute Gasteiger partial charge is 0.429 e. The highest BCUT2D eigenvalue weighted by atomic mass is 19.3. The van der Waals surface area contributed by atoms with E-state index in [9.17, 15) is 35.1 Å². The number of rotatable bonds is 5. The molecule has 1 fully saturated rings. The Balaban J connectivity index is 1.43. The van der Waals surface area contributed by atoms with E-state index in [1.807, 2.05) is 6.08 Å². The van der Waals surface area contributed by atoms with Crippen LogP contribution < -0.4 is 4.74 Å². The summed E-state index contributed by atoms with van der Waals surface area (Å²) in [6.45, 7) is 0. The second-order valence-electron chi connectivity index (χ2n) is 8.82. The van der Waals surface area contributed by atoms with Crippen LogP contribution in [0.5, 0.6) is 5.75 Å². The molecule has 2 aliphatic carbocycles. The monoisotopic (exact) mass is 496 g/mol. The number of halogens is 8. The molecule has 0 N–H and O–H groups in total. The first-order valence-electron chi connectivity index (χ1n) is 10.7. The van der Waals surface area contributed by atoms with Crippen LogP contribution in [0.2, 0.25) is 0 Å². The third-order valence-corrected chi connectivity index (χ3v) is 6.69. The van der Waals surface area contributed by atoms with Crippen molar-refractivity contribution < 1.29 is 39.9 Å². The second-order valence-corrected chi connectivity index (χ2v) is 8.82. The van der Waals surface area contributed by atoms with Gasteiger partial charge < -0.3 is 4.74 Å². The van der Waals surface area contributed by atoms with Crippen LogP contribution in [0.25, 0.3) is 11.1 Å². The van der Waals surface area contributed by atoms with Gasteiger partial charge in [0.05, 0.1) is 0 Å². The number of allylic oxidation sites excluding steroid dienone is 2. The van der Waals surface area contributed by atoms with Crippen LogP contribution in [-0.4, -0.2) is 0 Å². The van der Waals surface area contributed by atoms with Crippen molar-refractivity contribution in [1.82, 2.24) is 0 Å². The molecule has 1 nitrogen and oxygen atoms in total. The Morgan fingerprint density at radius 2 is 1.51 bits per heavy atom. The van der Waals surface area contributed by atoms with Crippen molar-refractivity contribution in [3.8, 4) is 16.9 Å². The van der Waals surface area contributed by atoms with Gasteiger partial charge in [0, 0.05) is 22.6 Å². The van der Waals surface area contributed by atoms with E-state index < -0.39 is 63.3 Å². The molecule has 0 aliphatic heterocycles. The fraction of sp³-hybridized carbons (Fsp3) is 0.231. The molecule has 3 aromatic carbocycles. The van der Waals surface area contributed by atoms with E-state index in [2.05, 4.69) is 4.74 Å². The standard InChI is InChI=1S/C26H16F8O/c27-19-11-15(1-2-16(19)14-9-20(28)24(32)21(29)10-14)35-26(33,34)18-4-3-17(22(30)23(18)31)25-7-5-13(12-25)6-8-25/h1-5,7,9-11,13H,6,8,12H2/t13?,25-/m1/s1. The molecule has 0 aromatic heterocycles. The Hall–Kier alpha value is -3.36. The minimum Gasteiger partial charge on any atom is -0.429 e. The lowest BCUT2D eigenvalue weighted by Gasteiger charge is -2.26. The molecule has 0 spiro atoms. The Morgan fingerprint density at radius 1 is 0.800 bits per heavy atom. The predicted molar refractivity (Wildman–Crippen MR) is 111 cm³/mol. The fourth-order valence-corrected chi connectivity index (χ4v) is 4.95. The van der Waals surface area contributed by atoms with Crippen molar-refractivity contribution in [3.05, 3.63) is 101 Å². The number of fused-ring (bicyclic) bond motifs is 2. The summed E-state index contributed by atoms with van der Waals surface area (Å²) < 4.78 is 118. The summed E-state index contributed by atoms with van der Waals surface area (Å²) in [4.78, 5) is 0. The highest BCUT2D eigenvalue weighted by Gasteiger charge is 2.46. The van der Waals surface area contributed by atoms with E-state index in [1.54, 1.807) is 6.08 Å². The molecule has 2 atom stereocenters. The highest BCUT2D eigenvalue weighted by Crippen LogP contribution is 2.52.